The van der Waals surface area contributed by atoms with E-state index in [1.807, 2.05) is 0 Å². The molecule has 0 radical (unpaired) electrons. The van der Waals surface area contributed by atoms with Crippen LogP contribution in [0.4, 0.5) is 0 Å². The maximum absolute atomic E-state index is 13.2. The van der Waals surface area contributed by atoms with Crippen LogP contribution < -0.4 is 0 Å². The number of phosphoric acid groups is 2. The smallest absolute Gasteiger partial charge is 0.462 e. The van der Waals surface area contributed by atoms with Crippen molar-refractivity contribution in [3.63, 3.8) is 0 Å². The number of esters is 4. The van der Waals surface area contributed by atoms with Gasteiger partial charge in [-0.15, -0.1) is 0 Å². The Morgan fingerprint density at radius 3 is 0.691 bits per heavy atom. The lowest BCUT2D eigenvalue weighted by Crippen LogP contribution is -2.30. The van der Waals surface area contributed by atoms with Crippen LogP contribution >= 0.6 is 15.6 Å². The lowest BCUT2D eigenvalue weighted by atomic mass is 9.99. The van der Waals surface area contributed by atoms with Crippen molar-refractivity contribution in [3.8, 4) is 0 Å². The van der Waals surface area contributed by atoms with Gasteiger partial charge >= 0.3 is 39.5 Å². The summed E-state index contributed by atoms with van der Waals surface area (Å²) in [5.41, 5.74) is 0. The minimum absolute atomic E-state index is 0.108. The second-order valence-electron chi connectivity index (χ2n) is 33.4. The molecule has 0 spiro atoms. The molecule has 19 heteroatoms. The van der Waals surface area contributed by atoms with Crippen LogP contribution in [-0.2, 0) is 65.4 Å². The zero-order valence-corrected chi connectivity index (χ0v) is 74.4. The molecule has 110 heavy (non-hydrogen) atoms. The lowest BCUT2D eigenvalue weighted by Gasteiger charge is -2.21. The van der Waals surface area contributed by atoms with E-state index in [-0.39, 0.29) is 25.7 Å². The van der Waals surface area contributed by atoms with Gasteiger partial charge in [0.15, 0.2) is 12.2 Å². The Hall–Kier alpha value is -1.94. The van der Waals surface area contributed by atoms with Gasteiger partial charge in [0.2, 0.25) is 0 Å². The molecule has 0 saturated carbocycles. The predicted molar refractivity (Wildman–Crippen MR) is 455 cm³/mol. The SMILES string of the molecule is CCCCCCCCCCCCCCCCCCCCCCCC(=O)OC[C@H](COP(=O)(O)OC[C@@H](O)COP(=O)(O)OC[C@@H](COC(=O)CCCCCCCCCCCCC)OC(=O)CCCCCCCCCCCCCCCC(C)C)OC(=O)CCCCCCCCCCCCCCCCCCCCC(C)CC. The van der Waals surface area contributed by atoms with E-state index in [1.54, 1.807) is 0 Å². The van der Waals surface area contributed by atoms with Gasteiger partial charge in [0.25, 0.3) is 0 Å². The van der Waals surface area contributed by atoms with Crippen molar-refractivity contribution in [2.24, 2.45) is 11.8 Å². The molecule has 0 aliphatic heterocycles. The summed E-state index contributed by atoms with van der Waals surface area (Å²) in [5, 5.41) is 10.7. The zero-order valence-electron chi connectivity index (χ0n) is 72.6. The summed E-state index contributed by atoms with van der Waals surface area (Å²) in [7, 11) is -9.93. The quantitative estimate of drug-likeness (QED) is 0.0222. The minimum atomic E-state index is -4.97. The van der Waals surface area contributed by atoms with Crippen molar-refractivity contribution in [1.29, 1.82) is 0 Å². The number of ether oxygens (including phenoxy) is 4. The van der Waals surface area contributed by atoms with Crippen molar-refractivity contribution < 1.29 is 80.2 Å². The number of rotatable bonds is 90. The van der Waals surface area contributed by atoms with Crippen molar-refractivity contribution in [2.75, 3.05) is 39.6 Å². The lowest BCUT2D eigenvalue weighted by molar-refractivity contribution is -0.161. The van der Waals surface area contributed by atoms with E-state index < -0.39 is 97.5 Å². The number of aliphatic hydroxyl groups is 1. The molecule has 0 aromatic rings. The third-order valence-corrected chi connectivity index (χ3v) is 23.7. The first kappa shape index (κ1) is 108. The first-order valence-electron chi connectivity index (χ1n) is 47.0. The van der Waals surface area contributed by atoms with E-state index in [4.69, 9.17) is 37.0 Å². The molecule has 654 valence electrons. The number of phosphoric ester groups is 2. The van der Waals surface area contributed by atoms with Crippen LogP contribution in [0.15, 0.2) is 0 Å². The first-order chi connectivity index (χ1) is 53.4. The van der Waals surface area contributed by atoms with Crippen LogP contribution in [0.3, 0.4) is 0 Å². The van der Waals surface area contributed by atoms with Crippen LogP contribution in [0.2, 0.25) is 0 Å². The molecule has 0 aliphatic carbocycles. The molecule has 0 amide bonds. The Balaban J connectivity index is 5.23. The Morgan fingerprint density at radius 2 is 0.464 bits per heavy atom. The summed E-state index contributed by atoms with van der Waals surface area (Å²) in [6.45, 7) is 9.78. The van der Waals surface area contributed by atoms with Gasteiger partial charge in [0.05, 0.1) is 26.4 Å². The Labute approximate surface area is 677 Å². The van der Waals surface area contributed by atoms with Crippen molar-refractivity contribution >= 4 is 39.5 Å². The van der Waals surface area contributed by atoms with Gasteiger partial charge in [0, 0.05) is 25.7 Å². The van der Waals surface area contributed by atoms with Crippen LogP contribution in [0.5, 0.6) is 0 Å². The highest BCUT2D eigenvalue weighted by molar-refractivity contribution is 7.47. The monoisotopic (exact) mass is 1610 g/mol. The largest absolute Gasteiger partial charge is 0.472 e. The normalized spacial score (nSPS) is 14.0. The highest BCUT2D eigenvalue weighted by Crippen LogP contribution is 2.45. The van der Waals surface area contributed by atoms with Gasteiger partial charge in [-0.3, -0.25) is 37.3 Å². The summed E-state index contributed by atoms with van der Waals surface area (Å²) in [6, 6.07) is 0. The Kier molecular flexibility index (Phi) is 80.7. The second-order valence-corrected chi connectivity index (χ2v) is 36.3. The van der Waals surface area contributed by atoms with E-state index in [2.05, 4.69) is 41.5 Å². The molecule has 0 aromatic heterocycles. The molecule has 6 atom stereocenters. The van der Waals surface area contributed by atoms with E-state index >= 15 is 0 Å². The topological polar surface area (TPSA) is 237 Å². The van der Waals surface area contributed by atoms with Crippen molar-refractivity contribution in [1.82, 2.24) is 0 Å². The van der Waals surface area contributed by atoms with Crippen LogP contribution in [-0.4, -0.2) is 96.7 Å². The maximum Gasteiger partial charge on any atom is 0.472 e. The molecule has 0 bridgehead atoms. The molecule has 0 heterocycles. The van der Waals surface area contributed by atoms with Crippen molar-refractivity contribution in [3.05, 3.63) is 0 Å². The van der Waals surface area contributed by atoms with Gasteiger partial charge in [-0.25, -0.2) is 9.13 Å². The van der Waals surface area contributed by atoms with E-state index in [9.17, 15) is 43.2 Å². The molecule has 17 nitrogen and oxygen atoms in total. The van der Waals surface area contributed by atoms with Crippen molar-refractivity contribution in [2.45, 2.75) is 509 Å². The molecule has 3 N–H and O–H groups in total. The summed E-state index contributed by atoms with van der Waals surface area (Å²) in [4.78, 5) is 73.4. The molecule has 3 unspecified atom stereocenters. The van der Waals surface area contributed by atoms with Gasteiger partial charge in [-0.1, -0.05) is 440 Å². The number of carbonyl (C=O) groups is 4. The number of hydrogen-bond donors (Lipinski definition) is 3. The minimum Gasteiger partial charge on any atom is -0.462 e. The van der Waals surface area contributed by atoms with Gasteiger partial charge < -0.3 is 33.8 Å². The molecular formula is C91H178O17P2. The van der Waals surface area contributed by atoms with Gasteiger partial charge in [0.1, 0.15) is 19.3 Å². The van der Waals surface area contributed by atoms with Crippen LogP contribution in [0.25, 0.3) is 0 Å². The third-order valence-electron chi connectivity index (χ3n) is 21.8. The average Bonchev–Trinajstić information content (AvgIpc) is 0.896. The van der Waals surface area contributed by atoms with Gasteiger partial charge in [-0.05, 0) is 37.5 Å². The molecular weight excluding hydrogens is 1430 g/mol. The highest BCUT2D eigenvalue weighted by atomic mass is 31.2. The second kappa shape index (κ2) is 82.2. The summed E-state index contributed by atoms with van der Waals surface area (Å²) in [5.74, 6) is -0.438. The third kappa shape index (κ3) is 82.6. The molecule has 0 saturated heterocycles. The fraction of sp³-hybridized carbons (Fsp3) is 0.956. The van der Waals surface area contributed by atoms with Crippen LogP contribution in [0, 0.1) is 11.8 Å². The zero-order chi connectivity index (χ0) is 80.6. The summed E-state index contributed by atoms with van der Waals surface area (Å²) < 4.78 is 69.0. The Bertz CT molecular complexity index is 2100. The molecule has 0 aliphatic rings. The highest BCUT2D eigenvalue weighted by Gasteiger charge is 2.31. The molecule has 0 aromatic carbocycles. The number of unbranched alkanes of at least 4 members (excludes halogenated alkanes) is 59. The van der Waals surface area contributed by atoms with E-state index in [0.717, 1.165) is 102 Å². The summed E-state index contributed by atoms with van der Waals surface area (Å²) >= 11 is 0. The van der Waals surface area contributed by atoms with E-state index in [1.165, 1.54) is 308 Å². The fourth-order valence-corrected chi connectivity index (χ4v) is 15.9. The van der Waals surface area contributed by atoms with Gasteiger partial charge in [-0.2, -0.15) is 0 Å². The Morgan fingerprint density at radius 1 is 0.264 bits per heavy atom. The van der Waals surface area contributed by atoms with Crippen LogP contribution in [0.1, 0.15) is 491 Å². The fourth-order valence-electron chi connectivity index (χ4n) is 14.3. The molecule has 0 rings (SSSR count). The maximum atomic E-state index is 13.2. The molecule has 0 fully saturated rings. The predicted octanol–water partition coefficient (Wildman–Crippen LogP) is 28.2. The first-order valence-corrected chi connectivity index (χ1v) is 50.0. The number of hydrogen-bond acceptors (Lipinski definition) is 15. The number of carbonyl (C=O) groups excluding carboxylic acids is 4. The standard InChI is InChI=1S/C91H178O17P2/c1-7-10-12-14-16-18-20-21-22-23-24-25-26-30-33-38-44-50-56-62-68-74-89(94)102-80-87(108-90(95)75-69-63-57-51-45-39-34-31-28-27-29-32-37-43-48-54-60-66-72-84(6)9-3)82-106-110(99,100)104-78-85(92)77-103-109(97,98)105-81-86(79-101-88(93)73-67-61-55-49-41-19-17-15-13-11-8-2)107-91(96)76-70-64-58-52-46-40-35-36-42-47-53-59-65-71-83(4)5/h83-87,92H,7-82H2,1-6H3,(H,97,98)(H,99,100)/t84?,85-,86+,87+/m0/s1. The summed E-state index contributed by atoms with van der Waals surface area (Å²) in [6.07, 6.45) is 76.4. The number of aliphatic hydroxyl groups excluding tert-OH is 1. The average molecular weight is 1610 g/mol. The van der Waals surface area contributed by atoms with E-state index in [0.29, 0.717) is 25.7 Å².